The maximum atomic E-state index is 5.32. The number of nitrogens with two attached hydrogens (primary N) is 1. The highest BCUT2D eigenvalue weighted by atomic mass is 32.2. The Morgan fingerprint density at radius 1 is 0.714 bits per heavy atom. The highest BCUT2D eigenvalue weighted by Gasteiger charge is 1.94. The van der Waals surface area contributed by atoms with E-state index in [0.29, 0.717) is 0 Å². The number of rotatable bonds is 20. The third-order valence-corrected chi connectivity index (χ3v) is 6.41. The SMILES string of the molecule is NSNCCCCCCC/C=C\CCCCCCCCSCc1ccccc1. The van der Waals surface area contributed by atoms with Gasteiger partial charge in [0.05, 0.1) is 0 Å². The van der Waals surface area contributed by atoms with E-state index in [0.717, 1.165) is 6.54 Å². The Morgan fingerprint density at radius 2 is 1.29 bits per heavy atom. The molecule has 0 aliphatic heterocycles. The summed E-state index contributed by atoms with van der Waals surface area (Å²) in [6, 6.07) is 10.8. The normalized spacial score (nSPS) is 11.5. The third kappa shape index (κ3) is 17.7. The van der Waals surface area contributed by atoms with E-state index in [4.69, 9.17) is 5.14 Å². The maximum Gasteiger partial charge on any atom is 0.0184 e. The molecule has 0 bridgehead atoms. The van der Waals surface area contributed by atoms with Crippen LogP contribution in [-0.4, -0.2) is 12.3 Å². The molecule has 0 aromatic heterocycles. The van der Waals surface area contributed by atoms with Crippen LogP contribution < -0.4 is 9.86 Å². The van der Waals surface area contributed by atoms with Gasteiger partial charge in [0, 0.05) is 24.4 Å². The van der Waals surface area contributed by atoms with Crippen LogP contribution in [0.15, 0.2) is 42.5 Å². The molecule has 0 spiro atoms. The van der Waals surface area contributed by atoms with Gasteiger partial charge in [-0.1, -0.05) is 87.4 Å². The number of nitrogens with one attached hydrogen (secondary N) is 1. The van der Waals surface area contributed by atoms with Crippen molar-refractivity contribution in [3.8, 4) is 0 Å². The molecular weight excluding hydrogens is 380 g/mol. The average Bonchev–Trinajstić information content (AvgIpc) is 2.73. The van der Waals surface area contributed by atoms with Gasteiger partial charge in [-0.3, -0.25) is 9.86 Å². The van der Waals surface area contributed by atoms with Gasteiger partial charge in [-0.15, -0.1) is 0 Å². The molecule has 0 aliphatic rings. The molecule has 0 heterocycles. The molecule has 0 unspecified atom stereocenters. The molecule has 1 aromatic carbocycles. The summed E-state index contributed by atoms with van der Waals surface area (Å²) in [7, 11) is 0. The van der Waals surface area contributed by atoms with Gasteiger partial charge in [0.2, 0.25) is 0 Å². The van der Waals surface area contributed by atoms with Crippen LogP contribution in [0.1, 0.15) is 89.0 Å². The van der Waals surface area contributed by atoms with E-state index in [9.17, 15) is 0 Å². The molecular formula is C24H42N2S2. The molecule has 0 saturated carbocycles. The second kappa shape index (κ2) is 21.3. The van der Waals surface area contributed by atoms with Crippen molar-refractivity contribution < 1.29 is 0 Å². The van der Waals surface area contributed by atoms with Crippen LogP contribution in [0.2, 0.25) is 0 Å². The van der Waals surface area contributed by atoms with Crippen molar-refractivity contribution in [1.29, 1.82) is 0 Å². The lowest BCUT2D eigenvalue weighted by Gasteiger charge is -2.03. The third-order valence-electron chi connectivity index (χ3n) is 4.92. The van der Waals surface area contributed by atoms with E-state index in [1.165, 1.54) is 113 Å². The van der Waals surface area contributed by atoms with E-state index in [-0.39, 0.29) is 0 Å². The predicted molar refractivity (Wildman–Crippen MR) is 132 cm³/mol. The van der Waals surface area contributed by atoms with Gasteiger partial charge in [-0.25, -0.2) is 0 Å². The molecule has 3 N–H and O–H groups in total. The maximum absolute atomic E-state index is 5.32. The van der Waals surface area contributed by atoms with Gasteiger partial charge in [0.15, 0.2) is 0 Å². The Bertz CT molecular complexity index is 451. The number of thioether (sulfide) groups is 1. The molecule has 0 saturated heterocycles. The van der Waals surface area contributed by atoms with E-state index in [1.54, 1.807) is 0 Å². The van der Waals surface area contributed by atoms with Gasteiger partial charge in [0.1, 0.15) is 0 Å². The Balaban J connectivity index is 1.72. The van der Waals surface area contributed by atoms with Crippen molar-refractivity contribution in [2.45, 2.75) is 89.2 Å². The Kier molecular flexibility index (Phi) is 19.5. The molecule has 28 heavy (non-hydrogen) atoms. The zero-order valence-corrected chi connectivity index (χ0v) is 19.4. The fraction of sp³-hybridized carbons (Fsp3) is 0.667. The molecule has 0 fully saturated rings. The van der Waals surface area contributed by atoms with Crippen molar-refractivity contribution >= 4 is 23.9 Å². The minimum absolute atomic E-state index is 1.04. The van der Waals surface area contributed by atoms with Crippen molar-refractivity contribution in [3.05, 3.63) is 48.0 Å². The van der Waals surface area contributed by atoms with E-state index in [2.05, 4.69) is 59.0 Å². The zero-order chi connectivity index (χ0) is 20.0. The quantitative estimate of drug-likeness (QED) is 0.128. The Labute approximate surface area is 183 Å². The van der Waals surface area contributed by atoms with Gasteiger partial charge in [-0.05, 0) is 49.8 Å². The van der Waals surface area contributed by atoms with Crippen molar-refractivity contribution in [1.82, 2.24) is 4.72 Å². The topological polar surface area (TPSA) is 38.0 Å². The summed E-state index contributed by atoms with van der Waals surface area (Å²) in [5, 5.41) is 5.32. The van der Waals surface area contributed by atoms with Crippen LogP contribution in [0, 0.1) is 0 Å². The standard InChI is InChI=1S/C24H42N2S2/c25-28-26-21-17-12-10-8-6-4-2-1-3-5-7-9-11-13-18-22-27-23-24-19-15-14-16-20-24/h1-2,14-16,19-20,26H,3-13,17-18,21-23,25H2/b2-1-. The number of benzene rings is 1. The van der Waals surface area contributed by atoms with Gasteiger partial charge < -0.3 is 0 Å². The monoisotopic (exact) mass is 422 g/mol. The van der Waals surface area contributed by atoms with Crippen LogP contribution in [0.3, 0.4) is 0 Å². The number of allylic oxidation sites excluding steroid dienone is 2. The van der Waals surface area contributed by atoms with Crippen LogP contribution in [0.4, 0.5) is 0 Å². The molecule has 2 nitrogen and oxygen atoms in total. The average molecular weight is 423 g/mol. The van der Waals surface area contributed by atoms with Crippen LogP contribution >= 0.6 is 23.9 Å². The van der Waals surface area contributed by atoms with Crippen LogP contribution in [0.5, 0.6) is 0 Å². The summed E-state index contributed by atoms with van der Waals surface area (Å²) in [6.07, 6.45) is 22.3. The van der Waals surface area contributed by atoms with Gasteiger partial charge in [0.25, 0.3) is 0 Å². The minimum Gasteiger partial charge on any atom is -0.264 e. The summed E-state index contributed by atoms with van der Waals surface area (Å²) < 4.78 is 3.09. The molecule has 160 valence electrons. The summed E-state index contributed by atoms with van der Waals surface area (Å²) in [4.78, 5) is 0. The Morgan fingerprint density at radius 3 is 1.93 bits per heavy atom. The smallest absolute Gasteiger partial charge is 0.0184 e. The lowest BCUT2D eigenvalue weighted by atomic mass is 10.1. The summed E-state index contributed by atoms with van der Waals surface area (Å²) in [5.41, 5.74) is 1.45. The van der Waals surface area contributed by atoms with Gasteiger partial charge in [-0.2, -0.15) is 11.8 Å². The summed E-state index contributed by atoms with van der Waals surface area (Å²) in [6.45, 7) is 1.04. The van der Waals surface area contributed by atoms with E-state index < -0.39 is 0 Å². The summed E-state index contributed by atoms with van der Waals surface area (Å²) >= 11 is 3.31. The second-order valence-electron chi connectivity index (χ2n) is 7.49. The molecule has 0 amide bonds. The second-order valence-corrected chi connectivity index (χ2v) is 9.12. The van der Waals surface area contributed by atoms with Crippen LogP contribution in [0.25, 0.3) is 0 Å². The molecule has 4 heteroatoms. The molecule has 0 atom stereocenters. The first-order chi connectivity index (χ1) is 13.9. The van der Waals surface area contributed by atoms with Crippen molar-refractivity contribution in [2.24, 2.45) is 5.14 Å². The van der Waals surface area contributed by atoms with E-state index >= 15 is 0 Å². The minimum atomic E-state index is 1.04. The lowest BCUT2D eigenvalue weighted by Crippen LogP contribution is -2.07. The molecule has 0 radical (unpaired) electrons. The van der Waals surface area contributed by atoms with Crippen molar-refractivity contribution in [3.63, 3.8) is 0 Å². The van der Waals surface area contributed by atoms with Crippen LogP contribution in [-0.2, 0) is 5.75 Å². The fourth-order valence-electron chi connectivity index (χ4n) is 3.22. The fourth-order valence-corrected chi connectivity index (χ4v) is 4.46. The predicted octanol–water partition coefficient (Wildman–Crippen LogP) is 7.66. The highest BCUT2D eigenvalue weighted by Crippen LogP contribution is 2.15. The Hall–Kier alpha value is -0.420. The molecule has 1 aromatic rings. The summed E-state index contributed by atoms with van der Waals surface area (Å²) in [5.74, 6) is 2.47. The number of hydrogen-bond acceptors (Lipinski definition) is 4. The molecule has 0 aliphatic carbocycles. The highest BCUT2D eigenvalue weighted by molar-refractivity contribution is 7.98. The lowest BCUT2D eigenvalue weighted by molar-refractivity contribution is 0.609. The number of hydrogen-bond donors (Lipinski definition) is 2. The van der Waals surface area contributed by atoms with Gasteiger partial charge >= 0.3 is 0 Å². The molecule has 1 rings (SSSR count). The largest absolute Gasteiger partial charge is 0.264 e. The first kappa shape index (κ1) is 25.6. The zero-order valence-electron chi connectivity index (χ0n) is 17.7. The van der Waals surface area contributed by atoms with E-state index in [1.807, 2.05) is 0 Å². The number of unbranched alkanes of at least 4 members (excludes halogenated alkanes) is 11. The first-order valence-electron chi connectivity index (χ1n) is 11.3. The van der Waals surface area contributed by atoms with Crippen molar-refractivity contribution in [2.75, 3.05) is 12.3 Å². The first-order valence-corrected chi connectivity index (χ1v) is 13.3.